The Kier molecular flexibility index (Phi) is 8.72. The minimum Gasteiger partial charge on any atom is -0.490 e. The van der Waals surface area contributed by atoms with Gasteiger partial charge in [0.2, 0.25) is 9.47 Å². The van der Waals surface area contributed by atoms with E-state index < -0.39 is 22.0 Å². The van der Waals surface area contributed by atoms with Crippen molar-refractivity contribution in [1.82, 2.24) is 14.9 Å². The topological polar surface area (TPSA) is 120 Å². The Labute approximate surface area is 211 Å². The second kappa shape index (κ2) is 11.3. The lowest BCUT2D eigenvalue weighted by molar-refractivity contribution is 0.102. The molecule has 0 fully saturated rings. The average molecular weight is 545 g/mol. The molecule has 1 amide bonds. The van der Waals surface area contributed by atoms with E-state index in [4.69, 9.17) is 32.7 Å². The minimum absolute atomic E-state index is 0.00347. The molecule has 1 heterocycles. The number of sulfonamides is 1. The Balaban J connectivity index is 1.73. The molecule has 0 saturated heterocycles. The summed E-state index contributed by atoms with van der Waals surface area (Å²) >= 11 is 12.6. The number of halogens is 2. The third-order valence-electron chi connectivity index (χ3n) is 4.43. The van der Waals surface area contributed by atoms with Crippen LogP contribution in [0.25, 0.3) is 0 Å². The van der Waals surface area contributed by atoms with E-state index in [1.807, 2.05) is 13.8 Å². The Morgan fingerprint density at radius 3 is 2.44 bits per heavy atom. The molecule has 9 nitrogen and oxygen atoms in total. The molecule has 34 heavy (non-hydrogen) atoms. The molecule has 1 aromatic heterocycles. The lowest BCUT2D eigenvalue weighted by atomic mass is 10.1. The summed E-state index contributed by atoms with van der Waals surface area (Å²) in [6, 6.07) is 9.00. The van der Waals surface area contributed by atoms with Gasteiger partial charge in [-0.25, -0.2) is 13.1 Å². The third-order valence-corrected chi connectivity index (χ3v) is 7.73. The molecule has 0 aliphatic rings. The third kappa shape index (κ3) is 6.36. The highest BCUT2D eigenvalue weighted by Crippen LogP contribution is 2.31. The number of carbonyl (C=O) groups excluding carboxylic acids is 1. The summed E-state index contributed by atoms with van der Waals surface area (Å²) in [6.45, 7) is 6.31. The van der Waals surface area contributed by atoms with Crippen LogP contribution in [0.4, 0.5) is 5.13 Å². The van der Waals surface area contributed by atoms with Gasteiger partial charge in [-0.2, -0.15) is 0 Å². The van der Waals surface area contributed by atoms with Gasteiger partial charge in [0.15, 0.2) is 11.5 Å². The van der Waals surface area contributed by atoms with Crippen LogP contribution < -0.4 is 19.5 Å². The normalized spacial score (nSPS) is 12.3. The zero-order valence-corrected chi connectivity index (χ0v) is 21.6. The summed E-state index contributed by atoms with van der Waals surface area (Å²) in [5, 5.41) is 10.5. The highest BCUT2D eigenvalue weighted by Gasteiger charge is 2.25. The number of hydrogen-bond donors (Lipinski definition) is 2. The van der Waals surface area contributed by atoms with E-state index in [-0.39, 0.29) is 20.1 Å². The van der Waals surface area contributed by atoms with Gasteiger partial charge in [0, 0.05) is 11.1 Å². The van der Waals surface area contributed by atoms with E-state index in [0.717, 1.165) is 0 Å². The van der Waals surface area contributed by atoms with E-state index in [1.54, 1.807) is 25.1 Å². The van der Waals surface area contributed by atoms with Gasteiger partial charge in [-0.05, 0) is 56.7 Å². The van der Waals surface area contributed by atoms with Crippen LogP contribution in [-0.2, 0) is 10.0 Å². The van der Waals surface area contributed by atoms with Crippen LogP contribution in [-0.4, -0.2) is 37.7 Å². The van der Waals surface area contributed by atoms with Gasteiger partial charge in [-0.1, -0.05) is 40.6 Å². The largest absolute Gasteiger partial charge is 0.490 e. The van der Waals surface area contributed by atoms with Crippen molar-refractivity contribution in [3.8, 4) is 11.5 Å². The van der Waals surface area contributed by atoms with Crippen molar-refractivity contribution in [3.63, 3.8) is 0 Å². The molecular formula is C21H22Cl2N4O5S2. The van der Waals surface area contributed by atoms with Crippen molar-refractivity contribution in [2.75, 3.05) is 18.5 Å². The Morgan fingerprint density at radius 2 is 1.76 bits per heavy atom. The van der Waals surface area contributed by atoms with Gasteiger partial charge < -0.3 is 9.47 Å². The van der Waals surface area contributed by atoms with Gasteiger partial charge in [-0.15, -0.1) is 10.2 Å². The molecule has 13 heteroatoms. The summed E-state index contributed by atoms with van der Waals surface area (Å²) in [6.07, 6.45) is 0. The first kappa shape index (κ1) is 26.2. The number of ether oxygens (including phenoxy) is 2. The number of nitrogens with zero attached hydrogens (tertiary/aromatic N) is 2. The second-order valence-electron chi connectivity index (χ2n) is 6.87. The first-order valence-electron chi connectivity index (χ1n) is 10.2. The molecular weight excluding hydrogens is 523 g/mol. The number of rotatable bonds is 10. The first-order chi connectivity index (χ1) is 16.1. The molecule has 0 unspecified atom stereocenters. The maximum atomic E-state index is 12.8. The van der Waals surface area contributed by atoms with Crippen molar-refractivity contribution < 1.29 is 22.7 Å². The Morgan fingerprint density at radius 1 is 1.06 bits per heavy atom. The second-order valence-corrected chi connectivity index (χ2v) is 10.6. The molecule has 0 bridgehead atoms. The molecule has 0 aliphatic carbocycles. The van der Waals surface area contributed by atoms with Crippen LogP contribution in [0.15, 0.2) is 40.7 Å². The molecule has 3 aromatic rings. The summed E-state index contributed by atoms with van der Waals surface area (Å²) in [4.78, 5) is 12.4. The lowest BCUT2D eigenvalue weighted by Crippen LogP contribution is -2.26. The highest BCUT2D eigenvalue weighted by atomic mass is 35.5. The van der Waals surface area contributed by atoms with Gasteiger partial charge in [0.1, 0.15) is 0 Å². The van der Waals surface area contributed by atoms with Crippen LogP contribution in [0, 0.1) is 0 Å². The predicted molar refractivity (Wildman–Crippen MR) is 132 cm³/mol. The quantitative estimate of drug-likeness (QED) is 0.347. The number of anilines is 1. The maximum absolute atomic E-state index is 12.8. The minimum atomic E-state index is -4.02. The predicted octanol–water partition coefficient (Wildman–Crippen LogP) is 4.93. The molecule has 2 aromatic carbocycles. The monoisotopic (exact) mass is 544 g/mol. The van der Waals surface area contributed by atoms with Crippen LogP contribution >= 0.6 is 34.5 Å². The fraction of sp³-hybridized carbons (Fsp3) is 0.286. The highest BCUT2D eigenvalue weighted by molar-refractivity contribution is 7.91. The lowest BCUT2D eigenvalue weighted by Gasteiger charge is -2.16. The van der Waals surface area contributed by atoms with Crippen molar-refractivity contribution in [3.05, 3.63) is 57.6 Å². The molecule has 0 spiro atoms. The zero-order valence-electron chi connectivity index (χ0n) is 18.5. The summed E-state index contributed by atoms with van der Waals surface area (Å²) < 4.78 is 39.1. The molecule has 1 atom stereocenters. The van der Waals surface area contributed by atoms with Crippen LogP contribution in [0.2, 0.25) is 10.0 Å². The van der Waals surface area contributed by atoms with Gasteiger partial charge in [0.25, 0.3) is 15.9 Å². The first-order valence-corrected chi connectivity index (χ1v) is 13.2. The number of nitrogens with one attached hydrogen (secondary N) is 2. The fourth-order valence-corrected chi connectivity index (χ4v) is 5.53. The number of benzene rings is 2. The smallest absolute Gasteiger partial charge is 0.270 e. The molecule has 0 aliphatic heterocycles. The zero-order chi connectivity index (χ0) is 24.9. The number of carbonyl (C=O) groups is 1. The Bertz CT molecular complexity index is 1280. The Hall–Kier alpha value is -2.44. The van der Waals surface area contributed by atoms with Crippen molar-refractivity contribution in [2.45, 2.75) is 31.2 Å². The van der Waals surface area contributed by atoms with Gasteiger partial charge in [0.05, 0.1) is 23.8 Å². The van der Waals surface area contributed by atoms with Crippen molar-refractivity contribution >= 4 is 55.6 Å². The number of hydrogen-bond acceptors (Lipinski definition) is 8. The van der Waals surface area contributed by atoms with Crippen LogP contribution in [0.5, 0.6) is 11.5 Å². The molecule has 0 radical (unpaired) electrons. The van der Waals surface area contributed by atoms with E-state index in [2.05, 4.69) is 20.2 Å². The van der Waals surface area contributed by atoms with Gasteiger partial charge >= 0.3 is 0 Å². The number of aromatic nitrogens is 2. The van der Waals surface area contributed by atoms with Crippen LogP contribution in [0.1, 0.15) is 42.7 Å². The maximum Gasteiger partial charge on any atom is 0.270 e. The molecule has 2 N–H and O–H groups in total. The van der Waals surface area contributed by atoms with Crippen molar-refractivity contribution in [1.29, 1.82) is 0 Å². The average Bonchev–Trinajstić information content (AvgIpc) is 3.24. The summed E-state index contributed by atoms with van der Waals surface area (Å²) in [5.41, 5.74) is 0.837. The molecule has 0 saturated carbocycles. The van der Waals surface area contributed by atoms with Crippen molar-refractivity contribution in [2.24, 2.45) is 0 Å². The fourth-order valence-electron chi connectivity index (χ4n) is 2.90. The molecule has 182 valence electrons. The SMILES string of the molecule is CCOc1ccc([C@@H](C)NS(=O)(=O)c2nnc(NC(=O)c3ccc(Cl)cc3Cl)s2)cc1OCC. The van der Waals surface area contributed by atoms with E-state index >= 15 is 0 Å². The summed E-state index contributed by atoms with van der Waals surface area (Å²) in [5.74, 6) is 0.532. The number of amides is 1. The van der Waals surface area contributed by atoms with E-state index in [1.165, 1.54) is 18.2 Å². The van der Waals surface area contributed by atoms with Gasteiger partial charge in [-0.3, -0.25) is 10.1 Å². The molecule has 3 rings (SSSR count). The van der Waals surface area contributed by atoms with E-state index in [9.17, 15) is 13.2 Å². The summed E-state index contributed by atoms with van der Waals surface area (Å²) in [7, 11) is -4.02. The van der Waals surface area contributed by atoms with E-state index in [0.29, 0.717) is 46.6 Å². The standard InChI is InChI=1S/C21H22Cl2N4O5S2/c1-4-31-17-9-6-13(10-18(17)32-5-2)12(3)27-34(29,30)21-26-25-20(33-21)24-19(28)15-8-7-14(22)11-16(15)23/h6-12,27H,4-5H2,1-3H3,(H,24,25,28)/t12-/m1/s1. The van der Waals surface area contributed by atoms with Crippen LogP contribution in [0.3, 0.4) is 0 Å².